The van der Waals surface area contributed by atoms with E-state index in [-0.39, 0.29) is 35.8 Å². The Hall–Kier alpha value is -2.34. The molecule has 0 saturated heterocycles. The number of carbonyl (C=O) groups is 2. The molecule has 0 bridgehead atoms. The summed E-state index contributed by atoms with van der Waals surface area (Å²) in [6, 6.07) is 3.59. The molecule has 2 rings (SSSR count). The number of aliphatic carboxylic acids is 1. The number of Topliss-reactive ketones (excluding diaryl/α,β-unsaturated/α-hetero) is 1. The third-order valence-electron chi connectivity index (χ3n) is 5.85. The van der Waals surface area contributed by atoms with Crippen LogP contribution in [0.3, 0.4) is 0 Å². The van der Waals surface area contributed by atoms with E-state index in [1.807, 2.05) is 13.8 Å². The standard InChI is InChI=1S/C21H28O6/c1-12-4-9-19(25)21(2,3)16(12)7-5-13(20(26)27)10-18(24)15-11-14(22)6-8-17(15)23/h6,8,11,13,16,19,22-23,25H,1,4-5,7,9-10H2,2-3H3,(H,26,27)/t13-,16-,19+/m1/s1. The van der Waals surface area contributed by atoms with Gasteiger partial charge in [-0.1, -0.05) is 26.0 Å². The van der Waals surface area contributed by atoms with Crippen LogP contribution in [0, 0.1) is 17.3 Å². The molecule has 1 aliphatic carbocycles. The molecule has 0 heterocycles. The van der Waals surface area contributed by atoms with Gasteiger partial charge in [-0.05, 0) is 55.2 Å². The summed E-state index contributed by atoms with van der Waals surface area (Å²) < 4.78 is 0. The summed E-state index contributed by atoms with van der Waals surface area (Å²) in [4.78, 5) is 24.1. The monoisotopic (exact) mass is 376 g/mol. The van der Waals surface area contributed by atoms with E-state index in [1.165, 1.54) is 12.1 Å². The maximum atomic E-state index is 12.4. The summed E-state index contributed by atoms with van der Waals surface area (Å²) in [5, 5.41) is 39.1. The van der Waals surface area contributed by atoms with Crippen molar-refractivity contribution in [1.82, 2.24) is 0 Å². The van der Waals surface area contributed by atoms with E-state index in [0.717, 1.165) is 11.6 Å². The van der Waals surface area contributed by atoms with Crippen LogP contribution in [0.5, 0.6) is 11.5 Å². The third kappa shape index (κ3) is 4.69. The van der Waals surface area contributed by atoms with Gasteiger partial charge in [0.25, 0.3) is 0 Å². The Kier molecular flexibility index (Phi) is 6.31. The number of ketones is 1. The largest absolute Gasteiger partial charge is 0.508 e. The number of carbonyl (C=O) groups excluding carboxylic acids is 1. The Balaban J connectivity index is 2.09. The summed E-state index contributed by atoms with van der Waals surface area (Å²) in [5.74, 6) is -3.00. The smallest absolute Gasteiger partial charge is 0.306 e. The van der Waals surface area contributed by atoms with Crippen LogP contribution in [0.25, 0.3) is 0 Å². The first kappa shape index (κ1) is 21.0. The second-order valence-corrected chi connectivity index (χ2v) is 8.03. The Bertz CT molecular complexity index is 736. The quantitative estimate of drug-likeness (QED) is 0.329. The number of aromatic hydroxyl groups is 2. The first-order chi connectivity index (χ1) is 12.5. The molecule has 0 amide bonds. The zero-order chi connectivity index (χ0) is 20.4. The normalized spacial score (nSPS) is 23.0. The fourth-order valence-corrected chi connectivity index (χ4v) is 3.96. The van der Waals surface area contributed by atoms with Crippen molar-refractivity contribution >= 4 is 11.8 Å². The van der Waals surface area contributed by atoms with Crippen molar-refractivity contribution in [3.8, 4) is 11.5 Å². The lowest BCUT2D eigenvalue weighted by atomic mass is 9.63. The molecule has 0 spiro atoms. The Morgan fingerprint density at radius 3 is 2.59 bits per heavy atom. The van der Waals surface area contributed by atoms with Crippen LogP contribution in [0.2, 0.25) is 0 Å². The molecule has 0 aromatic heterocycles. The fraction of sp³-hybridized carbons (Fsp3) is 0.524. The third-order valence-corrected chi connectivity index (χ3v) is 5.85. The van der Waals surface area contributed by atoms with Gasteiger partial charge < -0.3 is 20.4 Å². The van der Waals surface area contributed by atoms with E-state index in [9.17, 15) is 30.0 Å². The van der Waals surface area contributed by atoms with Crippen LogP contribution in [0.15, 0.2) is 30.4 Å². The summed E-state index contributed by atoms with van der Waals surface area (Å²) in [6.07, 6.45) is 1.40. The van der Waals surface area contributed by atoms with Crippen molar-refractivity contribution in [2.45, 2.75) is 52.1 Å². The summed E-state index contributed by atoms with van der Waals surface area (Å²) in [7, 11) is 0. The van der Waals surface area contributed by atoms with Crippen LogP contribution in [0.4, 0.5) is 0 Å². The summed E-state index contributed by atoms with van der Waals surface area (Å²) in [5.41, 5.74) is 0.525. The molecule has 27 heavy (non-hydrogen) atoms. The van der Waals surface area contributed by atoms with Crippen LogP contribution in [0.1, 0.15) is 56.3 Å². The van der Waals surface area contributed by atoms with Crippen molar-refractivity contribution in [3.05, 3.63) is 35.9 Å². The second kappa shape index (κ2) is 8.13. The number of carboxylic acids is 1. The van der Waals surface area contributed by atoms with Gasteiger partial charge in [0.15, 0.2) is 5.78 Å². The molecule has 0 aliphatic heterocycles. The van der Waals surface area contributed by atoms with Crippen molar-refractivity contribution in [3.63, 3.8) is 0 Å². The van der Waals surface area contributed by atoms with Gasteiger partial charge in [-0.25, -0.2) is 0 Å². The average Bonchev–Trinajstić information content (AvgIpc) is 2.59. The van der Waals surface area contributed by atoms with Gasteiger partial charge >= 0.3 is 5.97 Å². The van der Waals surface area contributed by atoms with Gasteiger partial charge in [-0.3, -0.25) is 9.59 Å². The Morgan fingerprint density at radius 2 is 1.96 bits per heavy atom. The number of hydrogen-bond donors (Lipinski definition) is 4. The van der Waals surface area contributed by atoms with Crippen LogP contribution >= 0.6 is 0 Å². The van der Waals surface area contributed by atoms with Crippen molar-refractivity contribution in [2.75, 3.05) is 0 Å². The molecule has 1 fully saturated rings. The highest BCUT2D eigenvalue weighted by Gasteiger charge is 2.41. The number of aliphatic hydroxyl groups is 1. The molecular formula is C21H28O6. The average molecular weight is 376 g/mol. The fourth-order valence-electron chi connectivity index (χ4n) is 3.96. The number of aliphatic hydroxyl groups excluding tert-OH is 1. The SMILES string of the molecule is C=C1CC[C@H](O)C(C)(C)[C@@H]1CC[C@H](CC(=O)c1cc(O)ccc1O)C(=O)O. The maximum Gasteiger partial charge on any atom is 0.306 e. The van der Waals surface area contributed by atoms with E-state index in [1.54, 1.807) is 0 Å². The summed E-state index contributed by atoms with van der Waals surface area (Å²) >= 11 is 0. The topological polar surface area (TPSA) is 115 Å². The zero-order valence-corrected chi connectivity index (χ0v) is 15.8. The van der Waals surface area contributed by atoms with Gasteiger partial charge in [0, 0.05) is 6.42 Å². The lowest BCUT2D eigenvalue weighted by Gasteiger charge is -2.44. The molecular weight excluding hydrogens is 348 g/mol. The molecule has 1 saturated carbocycles. The molecule has 1 aliphatic rings. The highest BCUT2D eigenvalue weighted by Crippen LogP contribution is 2.46. The zero-order valence-electron chi connectivity index (χ0n) is 15.8. The van der Waals surface area contributed by atoms with Gasteiger partial charge in [0.05, 0.1) is 17.6 Å². The molecule has 148 valence electrons. The molecule has 0 unspecified atom stereocenters. The number of phenols is 2. The van der Waals surface area contributed by atoms with Gasteiger partial charge in [-0.2, -0.15) is 0 Å². The predicted molar refractivity (Wildman–Crippen MR) is 101 cm³/mol. The minimum atomic E-state index is -1.08. The summed E-state index contributed by atoms with van der Waals surface area (Å²) in [6.45, 7) is 8.01. The number of rotatable bonds is 7. The van der Waals surface area contributed by atoms with Crippen molar-refractivity contribution in [1.29, 1.82) is 0 Å². The van der Waals surface area contributed by atoms with Crippen LogP contribution < -0.4 is 0 Å². The molecule has 4 N–H and O–H groups in total. The molecule has 1 aromatic rings. The molecule has 6 nitrogen and oxygen atoms in total. The maximum absolute atomic E-state index is 12.4. The van der Waals surface area contributed by atoms with Crippen molar-refractivity contribution < 1.29 is 30.0 Å². The van der Waals surface area contributed by atoms with Gasteiger partial charge in [0.2, 0.25) is 0 Å². The number of carboxylic acid groups (broad SMARTS) is 1. The van der Waals surface area contributed by atoms with Crippen molar-refractivity contribution in [2.24, 2.45) is 17.3 Å². The number of hydrogen-bond acceptors (Lipinski definition) is 5. The Morgan fingerprint density at radius 1 is 1.30 bits per heavy atom. The predicted octanol–water partition coefficient (Wildman–Crippen LogP) is 3.50. The molecule has 1 aromatic carbocycles. The van der Waals surface area contributed by atoms with Crippen LogP contribution in [-0.2, 0) is 4.79 Å². The highest BCUT2D eigenvalue weighted by atomic mass is 16.4. The number of benzene rings is 1. The lowest BCUT2D eigenvalue weighted by molar-refractivity contribution is -0.142. The number of phenolic OH excluding ortho intramolecular Hbond substituents is 2. The minimum absolute atomic E-state index is 0.0209. The molecule has 3 atom stereocenters. The van der Waals surface area contributed by atoms with E-state index in [0.29, 0.717) is 19.3 Å². The molecule has 0 radical (unpaired) electrons. The van der Waals surface area contributed by atoms with E-state index < -0.39 is 29.2 Å². The van der Waals surface area contributed by atoms with E-state index in [2.05, 4.69) is 6.58 Å². The van der Waals surface area contributed by atoms with E-state index in [4.69, 9.17) is 0 Å². The van der Waals surface area contributed by atoms with Gasteiger partial charge in [-0.15, -0.1) is 0 Å². The first-order valence-electron chi connectivity index (χ1n) is 9.17. The minimum Gasteiger partial charge on any atom is -0.508 e. The first-order valence-corrected chi connectivity index (χ1v) is 9.17. The second-order valence-electron chi connectivity index (χ2n) is 8.03. The highest BCUT2D eigenvalue weighted by molar-refractivity contribution is 6.00. The lowest BCUT2D eigenvalue weighted by Crippen LogP contribution is -2.41. The van der Waals surface area contributed by atoms with E-state index >= 15 is 0 Å². The van der Waals surface area contributed by atoms with Crippen LogP contribution in [-0.4, -0.2) is 38.3 Å². The Labute approximate surface area is 159 Å². The number of allylic oxidation sites excluding steroid dienone is 1. The molecule has 6 heteroatoms. The van der Waals surface area contributed by atoms with Gasteiger partial charge in [0.1, 0.15) is 11.5 Å².